The maximum Gasteiger partial charge on any atom is 0.339 e. The third kappa shape index (κ3) is 3.60. The number of hydrogen-bond donors (Lipinski definition) is 2. The summed E-state index contributed by atoms with van der Waals surface area (Å²) in [4.78, 5) is 37.8. The second-order valence-corrected chi connectivity index (χ2v) is 14.3. The highest BCUT2D eigenvalue weighted by molar-refractivity contribution is 6.04. The van der Waals surface area contributed by atoms with E-state index in [9.17, 15) is 19.5 Å². The van der Waals surface area contributed by atoms with Gasteiger partial charge in [0.15, 0.2) is 12.4 Å². The first-order chi connectivity index (χ1) is 18.4. The number of carbonyl (C=O) groups excluding carboxylic acids is 2. The number of carboxylic acid groups (broad SMARTS) is 1. The Morgan fingerprint density at radius 3 is 2.27 bits per heavy atom. The van der Waals surface area contributed by atoms with Gasteiger partial charge in [-0.25, -0.2) is 9.59 Å². The Labute approximate surface area is 244 Å². The van der Waals surface area contributed by atoms with Crippen LogP contribution in [-0.4, -0.2) is 42.5 Å². The van der Waals surface area contributed by atoms with Crippen LogP contribution >= 0.6 is 12.4 Å². The molecule has 0 radical (unpaired) electrons. The Morgan fingerprint density at radius 1 is 0.950 bits per heavy atom. The summed E-state index contributed by atoms with van der Waals surface area (Å²) < 4.78 is 5.40. The van der Waals surface area contributed by atoms with Crippen LogP contribution in [0.4, 0.5) is 0 Å². The molecule has 2 spiro atoms. The first kappa shape index (κ1) is 29.3. The smallest absolute Gasteiger partial charge is 0.339 e. The minimum Gasteiger partial charge on any atom is -0.478 e. The molecule has 4 saturated carbocycles. The Kier molecular flexibility index (Phi) is 6.90. The maximum atomic E-state index is 13.6. The van der Waals surface area contributed by atoms with Crippen molar-refractivity contribution in [2.75, 3.05) is 13.7 Å². The number of ether oxygens (including phenoxy) is 1. The van der Waals surface area contributed by atoms with E-state index in [1.807, 2.05) is 0 Å². The molecular weight excluding hydrogens is 526 g/mol. The molecule has 1 aromatic carbocycles. The van der Waals surface area contributed by atoms with Gasteiger partial charge < -0.3 is 15.2 Å². The van der Waals surface area contributed by atoms with Gasteiger partial charge in [-0.3, -0.25) is 4.79 Å². The molecular formula is C33H44ClNO5. The van der Waals surface area contributed by atoms with Crippen LogP contribution in [0.1, 0.15) is 99.8 Å². The van der Waals surface area contributed by atoms with Crippen molar-refractivity contribution in [2.24, 2.45) is 38.9 Å². The van der Waals surface area contributed by atoms with Crippen LogP contribution in [0.3, 0.4) is 0 Å². The summed E-state index contributed by atoms with van der Waals surface area (Å²) in [6, 6.07) is 6.54. The second kappa shape index (κ2) is 9.42. The molecule has 2 N–H and O–H groups in total. The van der Waals surface area contributed by atoms with Gasteiger partial charge in [0.2, 0.25) is 0 Å². The third-order valence-corrected chi connectivity index (χ3v) is 13.0. The number of Topliss-reactive ketones (excluding diaryl/α,β-unsaturated/α-hetero) is 1. The van der Waals surface area contributed by atoms with Gasteiger partial charge in [-0.15, -0.1) is 12.4 Å². The summed E-state index contributed by atoms with van der Waals surface area (Å²) >= 11 is 0. The van der Waals surface area contributed by atoms with Crippen LogP contribution in [0.2, 0.25) is 0 Å². The number of carbonyl (C=O) groups is 3. The quantitative estimate of drug-likeness (QED) is 0.381. The Hall–Kier alpha value is -2.18. The van der Waals surface area contributed by atoms with Crippen molar-refractivity contribution in [3.05, 3.63) is 47.0 Å². The molecule has 0 aliphatic heterocycles. The molecule has 0 bridgehead atoms. The van der Waals surface area contributed by atoms with Crippen molar-refractivity contribution in [1.29, 1.82) is 0 Å². The summed E-state index contributed by atoms with van der Waals surface area (Å²) in [5.41, 5.74) is 1.61. The maximum absolute atomic E-state index is 13.6. The number of ketones is 1. The van der Waals surface area contributed by atoms with E-state index in [1.54, 1.807) is 12.1 Å². The first-order valence-corrected chi connectivity index (χ1v) is 14.8. The molecule has 0 heterocycles. The van der Waals surface area contributed by atoms with Gasteiger partial charge in [0, 0.05) is 17.0 Å². The highest BCUT2D eigenvalue weighted by atomic mass is 35.5. The lowest BCUT2D eigenvalue weighted by molar-refractivity contribution is -0.135. The van der Waals surface area contributed by atoms with Gasteiger partial charge in [-0.1, -0.05) is 45.9 Å². The number of esters is 1. The van der Waals surface area contributed by atoms with Gasteiger partial charge >= 0.3 is 11.9 Å². The summed E-state index contributed by atoms with van der Waals surface area (Å²) in [6.45, 7) is 9.34. The Bertz CT molecular complexity index is 1290. The molecule has 7 heteroatoms. The lowest BCUT2D eigenvalue weighted by Crippen LogP contribution is -2.59. The summed E-state index contributed by atoms with van der Waals surface area (Å²) in [5.74, 6) is -0.749. The fourth-order valence-electron chi connectivity index (χ4n) is 11.0. The minimum absolute atomic E-state index is 0. The van der Waals surface area contributed by atoms with E-state index in [4.69, 9.17) is 4.74 Å². The van der Waals surface area contributed by atoms with Crippen molar-refractivity contribution in [3.63, 3.8) is 0 Å². The molecule has 0 saturated heterocycles. The Balaban J connectivity index is 0.00000323. The van der Waals surface area contributed by atoms with E-state index in [0.29, 0.717) is 28.2 Å². The number of aromatic carboxylic acids is 1. The lowest BCUT2D eigenvalue weighted by Gasteiger charge is -2.63. The number of rotatable bonds is 6. The average molecular weight is 570 g/mol. The van der Waals surface area contributed by atoms with Crippen molar-refractivity contribution in [3.8, 4) is 0 Å². The summed E-state index contributed by atoms with van der Waals surface area (Å²) in [6.07, 6.45) is 11.6. The molecule has 7 atom stereocenters. The third-order valence-electron chi connectivity index (χ3n) is 13.0. The van der Waals surface area contributed by atoms with Crippen LogP contribution in [0.5, 0.6) is 0 Å². The van der Waals surface area contributed by atoms with Crippen molar-refractivity contribution in [2.45, 2.75) is 85.1 Å². The van der Waals surface area contributed by atoms with Gasteiger partial charge in [-0.05, 0) is 104 Å². The van der Waals surface area contributed by atoms with E-state index < -0.39 is 11.9 Å². The van der Waals surface area contributed by atoms with Crippen molar-refractivity contribution < 1.29 is 24.2 Å². The molecule has 40 heavy (non-hydrogen) atoms. The molecule has 0 unspecified atom stereocenters. The van der Waals surface area contributed by atoms with E-state index >= 15 is 0 Å². The van der Waals surface area contributed by atoms with E-state index in [0.717, 1.165) is 24.3 Å². The predicted octanol–water partition coefficient (Wildman–Crippen LogP) is 6.48. The van der Waals surface area contributed by atoms with Crippen molar-refractivity contribution >= 4 is 30.1 Å². The van der Waals surface area contributed by atoms with E-state index in [1.165, 1.54) is 50.7 Å². The lowest BCUT2D eigenvalue weighted by atomic mass is 9.42. The molecule has 0 aromatic heterocycles. The fraction of sp³-hybridized carbons (Fsp3) is 0.667. The normalized spacial score (nSPS) is 40.2. The van der Waals surface area contributed by atoms with Crippen LogP contribution in [-0.2, 0) is 9.53 Å². The summed E-state index contributed by atoms with van der Waals surface area (Å²) in [7, 11) is 2.12. The number of hydrogen-bond acceptors (Lipinski definition) is 5. The number of benzene rings is 1. The fourth-order valence-corrected chi connectivity index (χ4v) is 11.0. The number of carboxylic acids is 1. The predicted molar refractivity (Wildman–Crippen MR) is 156 cm³/mol. The second-order valence-electron chi connectivity index (χ2n) is 14.3. The zero-order valence-electron chi connectivity index (χ0n) is 24.5. The zero-order chi connectivity index (χ0) is 28.0. The van der Waals surface area contributed by atoms with Crippen LogP contribution in [0.15, 0.2) is 35.9 Å². The van der Waals surface area contributed by atoms with Gasteiger partial charge in [0.1, 0.15) is 0 Å². The molecule has 1 aromatic rings. The molecule has 0 amide bonds. The van der Waals surface area contributed by atoms with E-state index in [-0.39, 0.29) is 46.8 Å². The zero-order valence-corrected chi connectivity index (χ0v) is 25.3. The van der Waals surface area contributed by atoms with Crippen LogP contribution in [0.25, 0.3) is 0 Å². The molecule has 218 valence electrons. The first-order valence-electron chi connectivity index (χ1n) is 14.8. The number of allylic oxidation sites excluding steroid dienone is 1. The highest BCUT2D eigenvalue weighted by Crippen LogP contribution is 2.88. The summed E-state index contributed by atoms with van der Waals surface area (Å²) in [5, 5.41) is 13.0. The minimum atomic E-state index is -1.19. The topological polar surface area (TPSA) is 92.7 Å². The van der Waals surface area contributed by atoms with Gasteiger partial charge in [0.25, 0.3) is 0 Å². The molecule has 6 rings (SSSR count). The number of nitrogens with one attached hydrogen (secondary N) is 1. The van der Waals surface area contributed by atoms with E-state index in [2.05, 4.69) is 46.1 Å². The molecule has 4 fully saturated rings. The number of fused-ring (bicyclic) bond motifs is 2. The van der Waals surface area contributed by atoms with Gasteiger partial charge in [0.05, 0.1) is 11.1 Å². The average Bonchev–Trinajstić information content (AvgIpc) is 3.48. The van der Waals surface area contributed by atoms with Crippen molar-refractivity contribution in [1.82, 2.24) is 5.32 Å². The molecule has 5 aliphatic rings. The largest absolute Gasteiger partial charge is 0.478 e. The Morgan fingerprint density at radius 2 is 1.60 bits per heavy atom. The van der Waals surface area contributed by atoms with Crippen LogP contribution in [0, 0.1) is 38.9 Å². The van der Waals surface area contributed by atoms with Crippen LogP contribution < -0.4 is 5.32 Å². The molecule has 5 aliphatic carbocycles. The standard InChI is InChI=1S/C33H43NO5.ClH/c1-29(2)24-10-11-25-31(4)14-12-22(23(35)18-39-28(38)21-9-7-6-8-20(21)27(36)37)30(31,3)16-17-33(25)19-32(24,33)15-13-26(29)34-5;/h6-9,12,24-26,34H,10-11,13-19H2,1-5H3,(H,36,37);1H/t24-,25-,26-,30+,31-,32+,33-;/m0./s1. The molecule has 6 nitrogen and oxygen atoms in total. The highest BCUT2D eigenvalue weighted by Gasteiger charge is 2.81. The SMILES string of the molecule is CN[C@H]1CC[C@]23C[C@]24CC[C@]2(C)C(C(=O)COC(=O)c5ccccc5C(=O)O)=CC[C@@]2(C)[C@@H]4CC[C@H]3C1(C)C.Cl. The number of halogens is 1. The van der Waals surface area contributed by atoms with Gasteiger partial charge in [-0.2, -0.15) is 0 Å². The monoisotopic (exact) mass is 569 g/mol.